The summed E-state index contributed by atoms with van der Waals surface area (Å²) in [6.45, 7) is 3.58. The van der Waals surface area contributed by atoms with Crippen LogP contribution in [0.2, 0.25) is 0 Å². The molecule has 0 amide bonds. The molecule has 0 aliphatic heterocycles. The Kier molecular flexibility index (Phi) is 2.61. The molecule has 0 aromatic carbocycles. The van der Waals surface area contributed by atoms with E-state index in [0.717, 1.165) is 21.6 Å². The normalized spacial score (nSPS) is 10.9. The van der Waals surface area contributed by atoms with E-state index in [1.165, 1.54) is 0 Å². The summed E-state index contributed by atoms with van der Waals surface area (Å²) in [5, 5.41) is 0. The number of pyridine rings is 1. The van der Waals surface area contributed by atoms with Crippen LogP contribution in [-0.4, -0.2) is 15.2 Å². The molecule has 15 heavy (non-hydrogen) atoms. The van der Waals surface area contributed by atoms with Crippen LogP contribution in [0.5, 0.6) is 0 Å². The zero-order valence-corrected chi connectivity index (χ0v) is 10.2. The molecular formula is C11H11BrN2O. The van der Waals surface area contributed by atoms with Crippen molar-refractivity contribution in [1.29, 1.82) is 0 Å². The SMILES string of the molecule is CC(=O)Cc1nc2cccc(C)n2c1Br. The zero-order chi connectivity index (χ0) is 11.0. The standard InChI is InChI=1S/C11H11BrN2O/c1-7-4-3-5-10-13-9(6-8(2)15)11(12)14(7)10/h3-5H,6H2,1-2H3. The highest BCUT2D eigenvalue weighted by Crippen LogP contribution is 2.21. The largest absolute Gasteiger partial charge is 0.300 e. The molecule has 2 rings (SSSR count). The third-order valence-corrected chi connectivity index (χ3v) is 3.08. The number of fused-ring (bicyclic) bond motifs is 1. The van der Waals surface area contributed by atoms with Crippen molar-refractivity contribution in [2.75, 3.05) is 0 Å². The number of nitrogens with zero attached hydrogens (tertiary/aromatic N) is 2. The van der Waals surface area contributed by atoms with Crippen molar-refractivity contribution in [2.45, 2.75) is 20.3 Å². The number of aromatic nitrogens is 2. The van der Waals surface area contributed by atoms with E-state index < -0.39 is 0 Å². The molecule has 2 aromatic rings. The van der Waals surface area contributed by atoms with Gasteiger partial charge in [-0.25, -0.2) is 4.98 Å². The van der Waals surface area contributed by atoms with Crippen molar-refractivity contribution in [2.24, 2.45) is 0 Å². The van der Waals surface area contributed by atoms with E-state index in [1.54, 1.807) is 6.92 Å². The van der Waals surface area contributed by atoms with E-state index in [2.05, 4.69) is 20.9 Å². The average molecular weight is 267 g/mol. The lowest BCUT2D eigenvalue weighted by molar-refractivity contribution is -0.116. The first-order valence-corrected chi connectivity index (χ1v) is 5.51. The van der Waals surface area contributed by atoms with Crippen LogP contribution in [0.4, 0.5) is 0 Å². The van der Waals surface area contributed by atoms with Gasteiger partial charge in [0.1, 0.15) is 16.0 Å². The van der Waals surface area contributed by atoms with Gasteiger partial charge in [-0.2, -0.15) is 0 Å². The maximum atomic E-state index is 11.1. The minimum absolute atomic E-state index is 0.122. The summed E-state index contributed by atoms with van der Waals surface area (Å²) in [5.41, 5.74) is 2.77. The monoisotopic (exact) mass is 266 g/mol. The van der Waals surface area contributed by atoms with Crippen LogP contribution in [0.25, 0.3) is 5.65 Å². The fourth-order valence-corrected chi connectivity index (χ4v) is 2.30. The van der Waals surface area contributed by atoms with Crippen LogP contribution in [0.3, 0.4) is 0 Å². The van der Waals surface area contributed by atoms with E-state index in [-0.39, 0.29) is 5.78 Å². The van der Waals surface area contributed by atoms with Crippen molar-refractivity contribution in [3.8, 4) is 0 Å². The summed E-state index contributed by atoms with van der Waals surface area (Å²) in [7, 11) is 0. The number of Topliss-reactive ketones (excluding diaryl/α,β-unsaturated/α-hetero) is 1. The minimum atomic E-state index is 0.122. The number of carbonyl (C=O) groups is 1. The molecule has 78 valence electrons. The van der Waals surface area contributed by atoms with E-state index >= 15 is 0 Å². The van der Waals surface area contributed by atoms with Crippen LogP contribution in [0.15, 0.2) is 22.8 Å². The van der Waals surface area contributed by atoms with Gasteiger partial charge in [0.15, 0.2) is 0 Å². The van der Waals surface area contributed by atoms with Gasteiger partial charge >= 0.3 is 0 Å². The highest BCUT2D eigenvalue weighted by molar-refractivity contribution is 9.10. The fourth-order valence-electron chi connectivity index (χ4n) is 1.61. The highest BCUT2D eigenvalue weighted by atomic mass is 79.9. The molecule has 0 aliphatic carbocycles. The number of aryl methyl sites for hydroxylation is 1. The maximum absolute atomic E-state index is 11.1. The second kappa shape index (κ2) is 3.77. The Hall–Kier alpha value is -1.16. The lowest BCUT2D eigenvalue weighted by atomic mass is 10.2. The first-order chi connectivity index (χ1) is 7.09. The zero-order valence-electron chi connectivity index (χ0n) is 8.62. The van der Waals surface area contributed by atoms with Gasteiger partial charge in [-0.1, -0.05) is 6.07 Å². The predicted molar refractivity (Wildman–Crippen MR) is 62.0 cm³/mol. The number of hydrogen-bond donors (Lipinski definition) is 0. The molecular weight excluding hydrogens is 256 g/mol. The number of halogens is 1. The third kappa shape index (κ3) is 1.81. The number of hydrogen-bond acceptors (Lipinski definition) is 2. The summed E-state index contributed by atoms with van der Waals surface area (Å²) in [5.74, 6) is 0.122. The van der Waals surface area contributed by atoms with Crippen LogP contribution < -0.4 is 0 Å². The van der Waals surface area contributed by atoms with E-state index in [9.17, 15) is 4.79 Å². The second-order valence-electron chi connectivity index (χ2n) is 3.59. The van der Waals surface area contributed by atoms with Crippen LogP contribution in [0.1, 0.15) is 18.3 Å². The summed E-state index contributed by atoms with van der Waals surface area (Å²) < 4.78 is 2.88. The molecule has 0 fully saturated rings. The first kappa shape index (κ1) is 10.4. The third-order valence-electron chi connectivity index (χ3n) is 2.26. The Morgan fingerprint density at radius 2 is 2.27 bits per heavy atom. The Morgan fingerprint density at radius 3 is 2.87 bits per heavy atom. The van der Waals surface area contributed by atoms with Crippen molar-refractivity contribution in [1.82, 2.24) is 9.38 Å². The van der Waals surface area contributed by atoms with E-state index in [4.69, 9.17) is 0 Å². The summed E-state index contributed by atoms with van der Waals surface area (Å²) in [6.07, 6.45) is 0.377. The van der Waals surface area contributed by atoms with Gasteiger partial charge in [0.2, 0.25) is 0 Å². The van der Waals surface area contributed by atoms with Crippen LogP contribution >= 0.6 is 15.9 Å². The van der Waals surface area contributed by atoms with Gasteiger partial charge in [-0.3, -0.25) is 9.20 Å². The molecule has 0 bridgehead atoms. The first-order valence-electron chi connectivity index (χ1n) is 4.71. The molecule has 2 heterocycles. The summed E-state index contributed by atoms with van der Waals surface area (Å²) in [6, 6.07) is 5.90. The van der Waals surface area contributed by atoms with Gasteiger partial charge in [0.05, 0.1) is 12.1 Å². The number of rotatable bonds is 2. The van der Waals surface area contributed by atoms with Crippen molar-refractivity contribution >= 4 is 27.4 Å². The van der Waals surface area contributed by atoms with Gasteiger partial charge in [-0.15, -0.1) is 0 Å². The quantitative estimate of drug-likeness (QED) is 0.838. The molecule has 0 atom stereocenters. The van der Waals surface area contributed by atoms with E-state index in [0.29, 0.717) is 6.42 Å². The molecule has 4 heteroatoms. The molecule has 0 N–H and O–H groups in total. The van der Waals surface area contributed by atoms with Gasteiger partial charge in [0, 0.05) is 5.69 Å². The number of carbonyl (C=O) groups excluding carboxylic acids is 1. The van der Waals surface area contributed by atoms with Gasteiger partial charge in [0.25, 0.3) is 0 Å². The van der Waals surface area contributed by atoms with E-state index in [1.807, 2.05) is 29.5 Å². The molecule has 0 aliphatic rings. The van der Waals surface area contributed by atoms with Crippen molar-refractivity contribution in [3.05, 3.63) is 34.2 Å². The Labute approximate surface area is 96.3 Å². The Bertz CT molecular complexity index is 531. The predicted octanol–water partition coefficient (Wildman–Crippen LogP) is 2.54. The molecule has 0 radical (unpaired) electrons. The second-order valence-corrected chi connectivity index (χ2v) is 4.34. The fraction of sp³-hybridized carbons (Fsp3) is 0.273. The van der Waals surface area contributed by atoms with Crippen molar-refractivity contribution in [3.63, 3.8) is 0 Å². The van der Waals surface area contributed by atoms with Crippen molar-refractivity contribution < 1.29 is 4.79 Å². The molecule has 0 saturated heterocycles. The Morgan fingerprint density at radius 1 is 1.53 bits per heavy atom. The number of ketones is 1. The average Bonchev–Trinajstić information content (AvgIpc) is 2.44. The summed E-state index contributed by atoms with van der Waals surface area (Å²) in [4.78, 5) is 15.5. The van der Waals surface area contributed by atoms with Crippen LogP contribution in [0, 0.1) is 6.92 Å². The maximum Gasteiger partial charge on any atom is 0.138 e. The summed E-state index contributed by atoms with van der Waals surface area (Å²) >= 11 is 3.48. The molecule has 3 nitrogen and oxygen atoms in total. The lowest BCUT2D eigenvalue weighted by Crippen LogP contribution is -1.97. The highest BCUT2D eigenvalue weighted by Gasteiger charge is 2.11. The number of imidazole rings is 1. The van der Waals surface area contributed by atoms with Gasteiger partial charge in [-0.05, 0) is 41.9 Å². The molecule has 0 saturated carbocycles. The minimum Gasteiger partial charge on any atom is -0.300 e. The molecule has 2 aromatic heterocycles. The van der Waals surface area contributed by atoms with Crippen LogP contribution in [-0.2, 0) is 11.2 Å². The lowest BCUT2D eigenvalue weighted by Gasteiger charge is -1.99. The van der Waals surface area contributed by atoms with Gasteiger partial charge < -0.3 is 0 Å². The topological polar surface area (TPSA) is 34.4 Å². The smallest absolute Gasteiger partial charge is 0.138 e. The molecule has 0 unspecified atom stereocenters. The Balaban J connectivity index is 2.64. The molecule has 0 spiro atoms.